The van der Waals surface area contributed by atoms with Crippen molar-refractivity contribution in [2.75, 3.05) is 6.61 Å². The highest BCUT2D eigenvalue weighted by Gasteiger charge is 2.52. The summed E-state index contributed by atoms with van der Waals surface area (Å²) < 4.78 is 27.9. The van der Waals surface area contributed by atoms with Crippen molar-refractivity contribution in [2.24, 2.45) is 0 Å². The average molecular weight is 451 g/mol. The van der Waals surface area contributed by atoms with E-state index >= 15 is 0 Å². The van der Waals surface area contributed by atoms with Crippen LogP contribution in [-0.4, -0.2) is 61.1 Å². The molecule has 1 heterocycles. The Bertz CT molecular complexity index is 869. The number of nitrogens with one attached hydrogen (secondary N) is 1. The van der Waals surface area contributed by atoms with Gasteiger partial charge in [-0.2, -0.15) is 0 Å². The molecule has 0 saturated carbocycles. The number of carbonyl (C=O) groups is 4. The summed E-state index contributed by atoms with van der Waals surface area (Å²) in [6.45, 7) is 8.31. The van der Waals surface area contributed by atoms with Crippen molar-refractivity contribution >= 4 is 23.8 Å². The van der Waals surface area contributed by atoms with Gasteiger partial charge in [-0.3, -0.25) is 19.2 Å². The van der Waals surface area contributed by atoms with Crippen molar-refractivity contribution in [1.29, 1.82) is 0 Å². The lowest BCUT2D eigenvalue weighted by Gasteiger charge is -2.44. The molecule has 0 bridgehead atoms. The molecule has 1 amide bonds. The fourth-order valence-electron chi connectivity index (χ4n) is 3.35. The summed E-state index contributed by atoms with van der Waals surface area (Å²) in [6, 6.07) is 4.55. The number of benzene rings is 1. The Morgan fingerprint density at radius 1 is 0.938 bits per heavy atom. The van der Waals surface area contributed by atoms with E-state index in [1.54, 1.807) is 6.07 Å². The Hall–Kier alpha value is -3.14. The molecule has 1 saturated heterocycles. The zero-order valence-corrected chi connectivity index (χ0v) is 19.0. The van der Waals surface area contributed by atoms with E-state index in [9.17, 15) is 19.2 Å². The summed E-state index contributed by atoms with van der Waals surface area (Å²) in [5.41, 5.74) is 1.74. The maximum Gasteiger partial charge on any atom is 0.303 e. The molecule has 1 aromatic carbocycles. The van der Waals surface area contributed by atoms with Crippen LogP contribution in [-0.2, 0) is 38.1 Å². The molecule has 1 fully saturated rings. The van der Waals surface area contributed by atoms with E-state index in [4.69, 9.17) is 23.7 Å². The van der Waals surface area contributed by atoms with Crippen molar-refractivity contribution in [1.82, 2.24) is 5.32 Å². The van der Waals surface area contributed by atoms with Crippen LogP contribution in [0.3, 0.4) is 0 Å². The van der Waals surface area contributed by atoms with Gasteiger partial charge >= 0.3 is 17.9 Å². The lowest BCUT2D eigenvalue weighted by atomic mass is 9.96. The van der Waals surface area contributed by atoms with E-state index in [0.717, 1.165) is 11.1 Å². The molecule has 1 aromatic rings. The fraction of sp³-hybridized carbons (Fsp3) is 0.545. The van der Waals surface area contributed by atoms with Crippen LogP contribution in [0, 0.1) is 13.8 Å². The third kappa shape index (κ3) is 6.94. The van der Waals surface area contributed by atoms with Crippen LogP contribution in [0.25, 0.3) is 0 Å². The maximum absolute atomic E-state index is 11.9. The van der Waals surface area contributed by atoms with Gasteiger partial charge in [0.25, 0.3) is 0 Å². The molecule has 5 atom stereocenters. The topological polar surface area (TPSA) is 126 Å². The van der Waals surface area contributed by atoms with Crippen LogP contribution in [0.4, 0.5) is 0 Å². The van der Waals surface area contributed by atoms with Gasteiger partial charge in [-0.15, -0.1) is 0 Å². The lowest BCUT2D eigenvalue weighted by molar-refractivity contribution is -0.257. The summed E-state index contributed by atoms with van der Waals surface area (Å²) in [7, 11) is 0. The molecule has 2 rings (SSSR count). The normalized spacial score (nSPS) is 24.8. The molecular formula is C22H29NO9. The molecule has 10 heteroatoms. The van der Waals surface area contributed by atoms with Crippen molar-refractivity contribution in [2.45, 2.75) is 72.2 Å². The number of hydrogen-bond donors (Lipinski definition) is 1. The molecule has 1 aliphatic rings. The van der Waals surface area contributed by atoms with Gasteiger partial charge in [-0.05, 0) is 31.0 Å². The minimum absolute atomic E-state index is 0.287. The van der Waals surface area contributed by atoms with Crippen molar-refractivity contribution in [3.63, 3.8) is 0 Å². The maximum atomic E-state index is 11.9. The largest absolute Gasteiger partial charge is 0.463 e. The van der Waals surface area contributed by atoms with Crippen LogP contribution >= 0.6 is 0 Å². The van der Waals surface area contributed by atoms with Gasteiger partial charge in [0.2, 0.25) is 12.2 Å². The highest BCUT2D eigenvalue weighted by molar-refractivity contribution is 5.73. The van der Waals surface area contributed by atoms with Crippen LogP contribution in [0.15, 0.2) is 18.2 Å². The van der Waals surface area contributed by atoms with E-state index in [-0.39, 0.29) is 6.61 Å². The SMILES string of the molecule is CC(=O)N[C@H]1[C@@H](Oc2cc(C)ccc2C)O[C@@H](COC(C)=O)[C@@H](OC(C)=O)[C@@H]1OC(C)=O. The van der Waals surface area contributed by atoms with Crippen molar-refractivity contribution < 1.29 is 42.9 Å². The third-order valence-corrected chi connectivity index (χ3v) is 4.66. The van der Waals surface area contributed by atoms with Gasteiger partial charge in [0.15, 0.2) is 12.2 Å². The monoisotopic (exact) mass is 451 g/mol. The highest BCUT2D eigenvalue weighted by atomic mass is 16.7. The van der Waals surface area contributed by atoms with Gasteiger partial charge < -0.3 is 29.0 Å². The Balaban J connectivity index is 2.49. The fourth-order valence-corrected chi connectivity index (χ4v) is 3.35. The second-order valence-electron chi connectivity index (χ2n) is 7.61. The highest BCUT2D eigenvalue weighted by Crippen LogP contribution is 2.30. The second-order valence-corrected chi connectivity index (χ2v) is 7.61. The Morgan fingerprint density at radius 3 is 2.12 bits per heavy atom. The zero-order chi connectivity index (χ0) is 24.0. The van der Waals surface area contributed by atoms with Crippen LogP contribution in [0.1, 0.15) is 38.8 Å². The molecule has 0 spiro atoms. The Kier molecular flexibility index (Phi) is 8.59. The van der Waals surface area contributed by atoms with Crippen molar-refractivity contribution in [3.8, 4) is 5.75 Å². The van der Waals surface area contributed by atoms with Crippen molar-refractivity contribution in [3.05, 3.63) is 29.3 Å². The summed E-state index contributed by atoms with van der Waals surface area (Å²) in [6.07, 6.45) is -4.49. The van der Waals surface area contributed by atoms with Crippen LogP contribution in [0.2, 0.25) is 0 Å². The number of esters is 3. The standard InChI is InChI=1S/C22H29NO9/c1-11-7-8-12(2)17(9-11)31-22-19(23-13(3)24)21(30-16(6)27)20(29-15(5)26)18(32-22)10-28-14(4)25/h7-9,18-22H,10H2,1-6H3,(H,23,24)/t18-,19+,20+,21+,22-/m0/s1. The summed E-state index contributed by atoms with van der Waals surface area (Å²) in [5, 5.41) is 2.67. The van der Waals surface area contributed by atoms with Gasteiger partial charge in [-0.25, -0.2) is 0 Å². The first kappa shape index (κ1) is 25.1. The van der Waals surface area contributed by atoms with Gasteiger partial charge in [-0.1, -0.05) is 12.1 Å². The number of amides is 1. The molecular weight excluding hydrogens is 422 g/mol. The Labute approximate surface area is 186 Å². The second kappa shape index (κ2) is 10.9. The number of rotatable bonds is 7. The predicted molar refractivity (Wildman–Crippen MR) is 111 cm³/mol. The number of ether oxygens (including phenoxy) is 5. The molecule has 1 aliphatic heterocycles. The van der Waals surface area contributed by atoms with Gasteiger partial charge in [0.05, 0.1) is 0 Å². The van der Waals surface area contributed by atoms with Gasteiger partial charge in [0, 0.05) is 27.7 Å². The number of carbonyl (C=O) groups excluding carboxylic acids is 4. The number of hydrogen-bond acceptors (Lipinski definition) is 9. The van der Waals surface area contributed by atoms with Crippen LogP contribution < -0.4 is 10.1 Å². The first-order valence-corrected chi connectivity index (χ1v) is 10.1. The average Bonchev–Trinajstić information content (AvgIpc) is 2.66. The lowest BCUT2D eigenvalue weighted by Crippen LogP contribution is -2.67. The minimum Gasteiger partial charge on any atom is -0.463 e. The predicted octanol–water partition coefficient (Wildman–Crippen LogP) is 1.34. The van der Waals surface area contributed by atoms with E-state index < -0.39 is 54.5 Å². The first-order valence-electron chi connectivity index (χ1n) is 10.1. The quantitative estimate of drug-likeness (QED) is 0.483. The van der Waals surface area contributed by atoms with Crippen LogP contribution in [0.5, 0.6) is 5.75 Å². The molecule has 1 N–H and O–H groups in total. The molecule has 0 unspecified atom stereocenters. The van der Waals surface area contributed by atoms with E-state index in [1.807, 2.05) is 26.0 Å². The molecule has 0 radical (unpaired) electrons. The Morgan fingerprint density at radius 2 is 1.56 bits per heavy atom. The first-order chi connectivity index (χ1) is 15.0. The third-order valence-electron chi connectivity index (χ3n) is 4.66. The smallest absolute Gasteiger partial charge is 0.303 e. The van der Waals surface area contributed by atoms with Gasteiger partial charge in [0.1, 0.15) is 24.5 Å². The summed E-state index contributed by atoms with van der Waals surface area (Å²) in [4.78, 5) is 47.0. The number of aryl methyl sites for hydroxylation is 2. The molecule has 0 aromatic heterocycles. The minimum atomic E-state index is -1.16. The molecule has 32 heavy (non-hydrogen) atoms. The molecule has 176 valence electrons. The summed E-state index contributed by atoms with van der Waals surface area (Å²) in [5.74, 6) is -1.86. The molecule has 0 aliphatic carbocycles. The van der Waals surface area contributed by atoms with E-state index in [0.29, 0.717) is 5.75 Å². The zero-order valence-electron chi connectivity index (χ0n) is 19.0. The molecule has 10 nitrogen and oxygen atoms in total. The summed E-state index contributed by atoms with van der Waals surface area (Å²) >= 11 is 0. The van der Waals surface area contributed by atoms with E-state index in [2.05, 4.69) is 5.32 Å². The van der Waals surface area contributed by atoms with E-state index in [1.165, 1.54) is 27.7 Å².